The monoisotopic (exact) mass is 660 g/mol. The van der Waals surface area contributed by atoms with Gasteiger partial charge < -0.3 is 24.3 Å². The van der Waals surface area contributed by atoms with Crippen LogP contribution in [0.15, 0.2) is 29.3 Å². The number of hydrogen-bond acceptors (Lipinski definition) is 10. The molecule has 0 bridgehead atoms. The molecule has 1 aliphatic carbocycles. The minimum Gasteiger partial charge on any atom is -0.484 e. The van der Waals surface area contributed by atoms with E-state index in [1.807, 2.05) is 0 Å². The number of nitrogens with one attached hydrogen (secondary N) is 1. The molecule has 1 saturated carbocycles. The molecule has 248 valence electrons. The maximum atomic E-state index is 14.3. The molecule has 45 heavy (non-hydrogen) atoms. The molecule has 4 rings (SSSR count). The molecular formula is C28H35F3N4O9S. The maximum absolute atomic E-state index is 14.3. The minimum absolute atomic E-state index is 0.00725. The van der Waals surface area contributed by atoms with Crippen molar-refractivity contribution in [2.24, 2.45) is 5.92 Å². The lowest BCUT2D eigenvalue weighted by atomic mass is 10.0. The van der Waals surface area contributed by atoms with Crippen LogP contribution in [0.3, 0.4) is 0 Å². The first-order chi connectivity index (χ1) is 21.0. The Hall–Kier alpha value is -4.02. The average molecular weight is 661 g/mol. The number of nitrogens with zero attached hydrogens (tertiary/aromatic N) is 3. The van der Waals surface area contributed by atoms with E-state index in [0.29, 0.717) is 0 Å². The van der Waals surface area contributed by atoms with Gasteiger partial charge in [-0.25, -0.2) is 13.2 Å². The number of alkyl halides is 3. The van der Waals surface area contributed by atoms with Crippen LogP contribution >= 0.6 is 0 Å². The summed E-state index contributed by atoms with van der Waals surface area (Å²) in [6.07, 6.45) is -3.40. The van der Waals surface area contributed by atoms with Gasteiger partial charge in [-0.3, -0.25) is 18.6 Å². The van der Waals surface area contributed by atoms with Crippen molar-refractivity contribution in [3.05, 3.63) is 30.0 Å². The van der Waals surface area contributed by atoms with Crippen LogP contribution < -0.4 is 19.1 Å². The molecule has 1 aromatic heterocycles. The van der Waals surface area contributed by atoms with E-state index >= 15 is 0 Å². The maximum Gasteiger partial charge on any atom is 0.427 e. The first-order valence-electron chi connectivity index (χ1n) is 14.1. The number of aromatic nitrogens is 2. The van der Waals surface area contributed by atoms with Crippen LogP contribution in [0.2, 0.25) is 0 Å². The Labute approximate surface area is 258 Å². The Morgan fingerprint density at radius 3 is 2.44 bits per heavy atom. The van der Waals surface area contributed by atoms with Crippen LogP contribution in [-0.4, -0.2) is 80.2 Å². The molecule has 2 heterocycles. The largest absolute Gasteiger partial charge is 0.484 e. The third-order valence-corrected chi connectivity index (χ3v) is 9.12. The van der Waals surface area contributed by atoms with E-state index in [4.69, 9.17) is 9.47 Å². The second-order valence-corrected chi connectivity index (χ2v) is 13.1. The number of esters is 2. The Morgan fingerprint density at radius 1 is 1.18 bits per heavy atom. The fourth-order valence-electron chi connectivity index (χ4n) is 4.72. The zero-order valence-electron chi connectivity index (χ0n) is 25.3. The molecule has 1 amide bonds. The first kappa shape index (κ1) is 33.9. The summed E-state index contributed by atoms with van der Waals surface area (Å²) >= 11 is 0. The molecule has 2 atom stereocenters. The van der Waals surface area contributed by atoms with E-state index in [0.717, 1.165) is 38.1 Å². The molecule has 0 saturated heterocycles. The molecule has 1 aliphatic heterocycles. The lowest BCUT2D eigenvalue weighted by molar-refractivity contribution is -0.257. The van der Waals surface area contributed by atoms with E-state index in [2.05, 4.69) is 19.9 Å². The fraction of sp³-hybridized carbons (Fsp3) is 0.571. The van der Waals surface area contributed by atoms with Gasteiger partial charge in [0.1, 0.15) is 11.9 Å². The van der Waals surface area contributed by atoms with Crippen molar-refractivity contribution in [3.8, 4) is 11.6 Å². The van der Waals surface area contributed by atoms with Crippen molar-refractivity contribution in [2.45, 2.75) is 82.3 Å². The van der Waals surface area contributed by atoms with Gasteiger partial charge in [0.25, 0.3) is 15.9 Å². The molecule has 2 aromatic rings. The van der Waals surface area contributed by atoms with E-state index in [-0.39, 0.29) is 52.7 Å². The molecule has 1 aromatic carbocycles. The van der Waals surface area contributed by atoms with Crippen LogP contribution in [0.5, 0.6) is 11.6 Å². The highest BCUT2D eigenvalue weighted by molar-refractivity contribution is 7.93. The number of ether oxygens (including phenoxy) is 4. The summed E-state index contributed by atoms with van der Waals surface area (Å²) < 4.78 is 91.7. The van der Waals surface area contributed by atoms with Gasteiger partial charge in [0.05, 0.1) is 31.8 Å². The zero-order valence-corrected chi connectivity index (χ0v) is 26.2. The van der Waals surface area contributed by atoms with Crippen molar-refractivity contribution < 1.29 is 54.9 Å². The smallest absolute Gasteiger partial charge is 0.427 e. The van der Waals surface area contributed by atoms with Gasteiger partial charge in [0, 0.05) is 19.7 Å². The molecule has 0 spiro atoms. The highest BCUT2D eigenvalue weighted by atomic mass is 32.2. The van der Waals surface area contributed by atoms with Crippen LogP contribution in [0, 0.1) is 5.92 Å². The number of rotatable bonds is 12. The highest BCUT2D eigenvalue weighted by Gasteiger charge is 2.51. The SMILES string of the molecule is CCn1cc(S(=O)(=O)N2C[C@H]([C@H](NC(C)=O)C3CC3)Oc3ccc(CC(=O)OC(C)(C)C(F)(F)F)cc32)c(OCC(=O)OC)n1. The van der Waals surface area contributed by atoms with Gasteiger partial charge in [0.15, 0.2) is 11.5 Å². The Kier molecular flexibility index (Phi) is 9.61. The third kappa shape index (κ3) is 7.62. The number of amides is 1. The van der Waals surface area contributed by atoms with Crippen LogP contribution in [0.4, 0.5) is 18.9 Å². The van der Waals surface area contributed by atoms with Gasteiger partial charge >= 0.3 is 18.1 Å². The van der Waals surface area contributed by atoms with Crippen molar-refractivity contribution in [3.63, 3.8) is 0 Å². The number of carbonyl (C=O) groups excluding carboxylic acids is 3. The number of methoxy groups -OCH3 is 1. The van der Waals surface area contributed by atoms with Gasteiger partial charge in [-0.2, -0.15) is 13.2 Å². The minimum atomic E-state index is -4.81. The summed E-state index contributed by atoms with van der Waals surface area (Å²) in [7, 11) is -3.39. The average Bonchev–Trinajstić information content (AvgIpc) is 3.70. The van der Waals surface area contributed by atoms with Gasteiger partial charge in [0.2, 0.25) is 11.5 Å². The summed E-state index contributed by atoms with van der Waals surface area (Å²) in [6, 6.07) is 3.61. The predicted octanol–water partition coefficient (Wildman–Crippen LogP) is 2.75. The molecule has 17 heteroatoms. The lowest BCUT2D eigenvalue weighted by Gasteiger charge is -2.39. The summed E-state index contributed by atoms with van der Waals surface area (Å²) in [6.45, 7) is 3.87. The zero-order chi connectivity index (χ0) is 33.3. The Morgan fingerprint density at radius 2 is 1.87 bits per heavy atom. The molecule has 2 aliphatic rings. The van der Waals surface area contributed by atoms with E-state index in [9.17, 15) is 36.0 Å². The molecule has 13 nitrogen and oxygen atoms in total. The molecule has 1 N–H and O–H groups in total. The number of benzene rings is 1. The standard InChI is InChI=1S/C28H35F3N4O9S/c1-6-34-14-22(26(33-34)42-15-24(38)41-5)45(39,40)35-13-21(25(18-8-9-18)32-16(2)36)43-20-10-7-17(11-19(20)35)12-23(37)44-27(3,4)28(29,30)31/h7,10-11,14,18,21,25H,6,8-9,12-13,15H2,1-5H3,(H,32,36)/t21-,25-/m1/s1. The highest BCUT2D eigenvalue weighted by Crippen LogP contribution is 2.43. The molecule has 1 fully saturated rings. The molecule has 0 unspecified atom stereocenters. The quantitative estimate of drug-likeness (QED) is 0.336. The summed E-state index contributed by atoms with van der Waals surface area (Å²) in [5, 5.41) is 6.99. The fourth-order valence-corrected chi connectivity index (χ4v) is 6.28. The van der Waals surface area contributed by atoms with Crippen molar-refractivity contribution in [1.82, 2.24) is 15.1 Å². The Bertz CT molecular complexity index is 1550. The summed E-state index contributed by atoms with van der Waals surface area (Å²) in [5.41, 5.74) is -2.59. The summed E-state index contributed by atoms with van der Waals surface area (Å²) in [4.78, 5) is 35.9. The van der Waals surface area contributed by atoms with Crippen LogP contribution in [0.25, 0.3) is 0 Å². The number of sulfonamides is 1. The van der Waals surface area contributed by atoms with Gasteiger partial charge in [-0.05, 0) is 57.2 Å². The third-order valence-electron chi connectivity index (χ3n) is 7.36. The number of aryl methyl sites for hydroxylation is 1. The van der Waals surface area contributed by atoms with Crippen molar-refractivity contribution in [1.29, 1.82) is 0 Å². The number of fused-ring (bicyclic) bond motifs is 1. The molecular weight excluding hydrogens is 625 g/mol. The predicted molar refractivity (Wildman–Crippen MR) is 151 cm³/mol. The Balaban J connectivity index is 1.75. The summed E-state index contributed by atoms with van der Waals surface area (Å²) in [5.74, 6) is -2.48. The normalized spacial score (nSPS) is 17.5. The van der Waals surface area contributed by atoms with Gasteiger partial charge in [-0.15, -0.1) is 5.10 Å². The van der Waals surface area contributed by atoms with Gasteiger partial charge in [-0.1, -0.05) is 6.07 Å². The van der Waals surface area contributed by atoms with Crippen molar-refractivity contribution >= 4 is 33.6 Å². The molecule has 0 radical (unpaired) electrons. The number of hydrogen-bond donors (Lipinski definition) is 1. The first-order valence-corrected chi connectivity index (χ1v) is 15.6. The number of carbonyl (C=O) groups is 3. The van der Waals surface area contributed by atoms with E-state index in [1.165, 1.54) is 36.0 Å². The second kappa shape index (κ2) is 12.8. The van der Waals surface area contributed by atoms with Crippen LogP contribution in [0.1, 0.15) is 46.1 Å². The number of anilines is 1. The topological polar surface area (TPSA) is 155 Å². The number of halogens is 3. The van der Waals surface area contributed by atoms with Crippen molar-refractivity contribution in [2.75, 3.05) is 24.6 Å². The van der Waals surface area contributed by atoms with E-state index < -0.39 is 58.9 Å². The van der Waals surface area contributed by atoms with Crippen LogP contribution in [-0.2, 0) is 46.8 Å². The second-order valence-electron chi connectivity index (χ2n) is 11.2. The lowest BCUT2D eigenvalue weighted by Crippen LogP contribution is -2.55. The van der Waals surface area contributed by atoms with E-state index in [1.54, 1.807) is 6.92 Å².